The van der Waals surface area contributed by atoms with Crippen molar-refractivity contribution < 1.29 is 4.79 Å². The highest BCUT2D eigenvalue weighted by molar-refractivity contribution is 14.0. The number of nitrogens with zero attached hydrogens (tertiary/aromatic N) is 1. The van der Waals surface area contributed by atoms with Crippen LogP contribution in [0.2, 0.25) is 0 Å². The first kappa shape index (κ1) is 21.7. The second kappa shape index (κ2) is 11.3. The summed E-state index contributed by atoms with van der Waals surface area (Å²) in [5, 5.41) is 6.24. The van der Waals surface area contributed by atoms with Crippen LogP contribution in [0.3, 0.4) is 0 Å². The van der Waals surface area contributed by atoms with Crippen LogP contribution < -0.4 is 16.4 Å². The second-order valence-electron chi connectivity index (χ2n) is 6.39. The molecule has 0 saturated heterocycles. The number of carbonyl (C=O) groups is 1. The highest BCUT2D eigenvalue weighted by atomic mass is 127. The summed E-state index contributed by atoms with van der Waals surface area (Å²) >= 11 is 0. The molecule has 0 heterocycles. The van der Waals surface area contributed by atoms with Crippen molar-refractivity contribution in [1.82, 2.24) is 5.32 Å². The van der Waals surface area contributed by atoms with Crippen LogP contribution in [0.4, 0.5) is 5.69 Å². The number of aliphatic imine (C=N–C) groups is 1. The summed E-state index contributed by atoms with van der Waals surface area (Å²) in [5.74, 6) is 0.246. The molecule has 1 saturated carbocycles. The Morgan fingerprint density at radius 1 is 1.16 bits per heavy atom. The van der Waals surface area contributed by atoms with E-state index in [0.29, 0.717) is 12.0 Å². The van der Waals surface area contributed by atoms with Gasteiger partial charge in [-0.3, -0.25) is 4.79 Å². The van der Waals surface area contributed by atoms with E-state index >= 15 is 0 Å². The maximum Gasteiger partial charge on any atom is 0.242 e. The number of benzene rings is 1. The second-order valence-corrected chi connectivity index (χ2v) is 6.39. The first-order valence-electron chi connectivity index (χ1n) is 9.11. The minimum Gasteiger partial charge on any atom is -0.370 e. The number of para-hydroxylation sites is 1. The van der Waals surface area contributed by atoms with Gasteiger partial charge in [0.05, 0.1) is 0 Å². The number of nitrogens with two attached hydrogens (primary N) is 1. The maximum atomic E-state index is 12.0. The number of anilines is 1. The summed E-state index contributed by atoms with van der Waals surface area (Å²) in [6.07, 6.45) is 7.67. The first-order chi connectivity index (χ1) is 11.6. The number of aryl methyl sites for hydroxylation is 2. The molecule has 5 nitrogen and oxygen atoms in total. The van der Waals surface area contributed by atoms with Crippen LogP contribution in [0.5, 0.6) is 0 Å². The minimum absolute atomic E-state index is 0. The Labute approximate surface area is 168 Å². The van der Waals surface area contributed by atoms with Gasteiger partial charge in [0.15, 0.2) is 5.96 Å². The molecule has 0 unspecified atom stereocenters. The van der Waals surface area contributed by atoms with Gasteiger partial charge in [-0.05, 0) is 36.8 Å². The molecule has 2 rings (SSSR count). The number of carbonyl (C=O) groups excluding carboxylic acids is 1. The highest BCUT2D eigenvalue weighted by Gasteiger charge is 2.15. The van der Waals surface area contributed by atoms with E-state index in [4.69, 9.17) is 5.73 Å². The molecule has 1 aliphatic rings. The average molecular weight is 458 g/mol. The Bertz CT molecular complexity index is 561. The van der Waals surface area contributed by atoms with E-state index in [-0.39, 0.29) is 36.4 Å². The first-order valence-corrected chi connectivity index (χ1v) is 9.11. The highest BCUT2D eigenvalue weighted by Crippen LogP contribution is 2.22. The summed E-state index contributed by atoms with van der Waals surface area (Å²) in [4.78, 5) is 16.2. The predicted molar refractivity (Wildman–Crippen MR) is 116 cm³/mol. The molecular weight excluding hydrogens is 427 g/mol. The van der Waals surface area contributed by atoms with Crippen molar-refractivity contribution in [3.63, 3.8) is 0 Å². The van der Waals surface area contributed by atoms with Gasteiger partial charge in [0, 0.05) is 11.7 Å². The van der Waals surface area contributed by atoms with Gasteiger partial charge in [-0.25, -0.2) is 4.99 Å². The number of hydrogen-bond donors (Lipinski definition) is 3. The SMILES string of the molecule is CCc1cccc(CC)c1NC(N)=NCC(=O)NC1CCCCC1.I. The molecule has 1 aromatic rings. The van der Waals surface area contributed by atoms with Gasteiger partial charge in [-0.1, -0.05) is 51.3 Å². The van der Waals surface area contributed by atoms with Crippen molar-refractivity contribution in [3.05, 3.63) is 29.3 Å². The van der Waals surface area contributed by atoms with Gasteiger partial charge in [0.2, 0.25) is 5.91 Å². The number of rotatable bonds is 6. The summed E-state index contributed by atoms with van der Waals surface area (Å²) in [5.41, 5.74) is 9.43. The molecule has 0 aromatic heterocycles. The third-order valence-electron chi connectivity index (χ3n) is 4.62. The molecule has 0 atom stereocenters. The van der Waals surface area contributed by atoms with E-state index in [1.165, 1.54) is 30.4 Å². The molecule has 1 aliphatic carbocycles. The van der Waals surface area contributed by atoms with Crippen LogP contribution in [0.15, 0.2) is 23.2 Å². The van der Waals surface area contributed by atoms with Crippen molar-refractivity contribution in [3.8, 4) is 0 Å². The van der Waals surface area contributed by atoms with Crippen LogP contribution in [-0.2, 0) is 17.6 Å². The molecule has 25 heavy (non-hydrogen) atoms. The molecule has 0 radical (unpaired) electrons. The molecule has 0 bridgehead atoms. The zero-order valence-electron chi connectivity index (χ0n) is 15.3. The van der Waals surface area contributed by atoms with E-state index in [2.05, 4.69) is 47.7 Å². The van der Waals surface area contributed by atoms with Crippen LogP contribution >= 0.6 is 24.0 Å². The molecule has 1 amide bonds. The molecule has 1 aromatic carbocycles. The smallest absolute Gasteiger partial charge is 0.242 e. The zero-order chi connectivity index (χ0) is 17.4. The lowest BCUT2D eigenvalue weighted by atomic mass is 9.95. The van der Waals surface area contributed by atoms with Crippen LogP contribution in [0.1, 0.15) is 57.1 Å². The van der Waals surface area contributed by atoms with Crippen molar-refractivity contribution in [1.29, 1.82) is 0 Å². The maximum absolute atomic E-state index is 12.0. The lowest BCUT2D eigenvalue weighted by Gasteiger charge is -2.22. The lowest BCUT2D eigenvalue weighted by molar-refractivity contribution is -0.120. The summed E-state index contributed by atoms with van der Waals surface area (Å²) in [7, 11) is 0. The molecule has 6 heteroatoms. The topological polar surface area (TPSA) is 79.5 Å². The quantitative estimate of drug-likeness (QED) is 0.346. The monoisotopic (exact) mass is 458 g/mol. The van der Waals surface area contributed by atoms with Gasteiger partial charge < -0.3 is 16.4 Å². The fraction of sp³-hybridized carbons (Fsp3) is 0.579. The van der Waals surface area contributed by atoms with Crippen molar-refractivity contribution in [2.75, 3.05) is 11.9 Å². The van der Waals surface area contributed by atoms with E-state index in [1.807, 2.05) is 0 Å². The third kappa shape index (κ3) is 6.84. The van der Waals surface area contributed by atoms with Crippen LogP contribution in [-0.4, -0.2) is 24.5 Å². The third-order valence-corrected chi connectivity index (χ3v) is 4.62. The number of hydrogen-bond acceptors (Lipinski definition) is 2. The molecule has 4 N–H and O–H groups in total. The Morgan fingerprint density at radius 3 is 2.32 bits per heavy atom. The molecular formula is C19H31IN4O. The van der Waals surface area contributed by atoms with Gasteiger partial charge in [-0.15, -0.1) is 24.0 Å². The molecule has 0 spiro atoms. The standard InChI is InChI=1S/C19H30N4O.HI/c1-3-14-9-8-10-15(4-2)18(14)23-19(20)21-13-17(24)22-16-11-6-5-7-12-16;/h8-10,16H,3-7,11-13H2,1-2H3,(H,22,24)(H3,20,21,23);1H. The Balaban J connectivity index is 0.00000312. The van der Waals surface area contributed by atoms with Gasteiger partial charge in [0.1, 0.15) is 6.54 Å². The van der Waals surface area contributed by atoms with E-state index in [0.717, 1.165) is 31.4 Å². The molecule has 1 fully saturated rings. The normalized spacial score (nSPS) is 15.4. The predicted octanol–water partition coefficient (Wildman–Crippen LogP) is 3.60. The Kier molecular flexibility index (Phi) is 9.85. The van der Waals surface area contributed by atoms with Gasteiger partial charge in [-0.2, -0.15) is 0 Å². The van der Waals surface area contributed by atoms with Crippen LogP contribution in [0.25, 0.3) is 0 Å². The summed E-state index contributed by atoms with van der Waals surface area (Å²) in [6, 6.07) is 6.55. The van der Waals surface area contributed by atoms with Gasteiger partial charge in [0.25, 0.3) is 0 Å². The summed E-state index contributed by atoms with van der Waals surface area (Å²) in [6.45, 7) is 4.31. The van der Waals surface area contributed by atoms with E-state index in [1.54, 1.807) is 0 Å². The number of nitrogens with one attached hydrogen (secondary N) is 2. The van der Waals surface area contributed by atoms with E-state index in [9.17, 15) is 4.79 Å². The van der Waals surface area contributed by atoms with Crippen LogP contribution in [0, 0.1) is 0 Å². The fourth-order valence-electron chi connectivity index (χ4n) is 3.25. The fourth-order valence-corrected chi connectivity index (χ4v) is 3.25. The summed E-state index contributed by atoms with van der Waals surface area (Å²) < 4.78 is 0. The molecule has 0 aliphatic heterocycles. The minimum atomic E-state index is -0.0499. The lowest BCUT2D eigenvalue weighted by Crippen LogP contribution is -2.38. The number of guanidine groups is 1. The average Bonchev–Trinajstić information content (AvgIpc) is 2.61. The largest absolute Gasteiger partial charge is 0.370 e. The van der Waals surface area contributed by atoms with Gasteiger partial charge >= 0.3 is 0 Å². The Morgan fingerprint density at radius 2 is 1.76 bits per heavy atom. The number of amides is 1. The molecule has 140 valence electrons. The zero-order valence-corrected chi connectivity index (χ0v) is 17.6. The van der Waals surface area contributed by atoms with Crippen molar-refractivity contribution in [2.24, 2.45) is 10.7 Å². The number of halogens is 1. The van der Waals surface area contributed by atoms with Crippen molar-refractivity contribution in [2.45, 2.75) is 64.8 Å². The Hall–Kier alpha value is -1.31. The van der Waals surface area contributed by atoms with Crippen molar-refractivity contribution >= 4 is 41.5 Å². The van der Waals surface area contributed by atoms with E-state index < -0.39 is 0 Å².